The molecule has 0 radical (unpaired) electrons. The summed E-state index contributed by atoms with van der Waals surface area (Å²) in [5.74, 6) is 0. The fourth-order valence-electron chi connectivity index (χ4n) is 2.89. The van der Waals surface area contributed by atoms with Gasteiger partial charge in [-0.3, -0.25) is 4.57 Å². The number of hydrogen-bond donors (Lipinski definition) is 1. The Balaban J connectivity index is 3.44. The number of nitrogens with one attached hydrogen (secondary N) is 1. The predicted octanol–water partition coefficient (Wildman–Crippen LogP) is 4.62. The van der Waals surface area contributed by atoms with Crippen LogP contribution in [0.2, 0.25) is 0 Å². The monoisotopic (exact) mass is 466 g/mol. The molecular formula is C22H47N2O6P. The summed E-state index contributed by atoms with van der Waals surface area (Å²) in [6, 6.07) is 0. The Bertz CT molecular complexity index is 485. The van der Waals surface area contributed by atoms with Gasteiger partial charge in [0.2, 0.25) is 0 Å². The Morgan fingerprint density at radius 2 is 1.32 bits per heavy atom. The lowest BCUT2D eigenvalue weighted by Gasteiger charge is -2.27. The van der Waals surface area contributed by atoms with Crippen molar-refractivity contribution in [1.82, 2.24) is 5.32 Å². The average Bonchev–Trinajstić information content (AvgIpc) is 2.67. The van der Waals surface area contributed by atoms with Crippen molar-refractivity contribution in [1.29, 1.82) is 0 Å². The van der Waals surface area contributed by atoms with Crippen molar-refractivity contribution in [3.8, 4) is 0 Å². The lowest BCUT2D eigenvalue weighted by Crippen LogP contribution is -2.37. The van der Waals surface area contributed by atoms with Crippen molar-refractivity contribution >= 4 is 13.9 Å². The summed E-state index contributed by atoms with van der Waals surface area (Å²) < 4.78 is 26.8. The lowest BCUT2D eigenvalue weighted by atomic mass is 10.1. The van der Waals surface area contributed by atoms with Gasteiger partial charge >= 0.3 is 6.09 Å². The number of phosphoric ester groups is 1. The number of carbonyl (C=O) groups excluding carboxylic acids is 1. The molecule has 186 valence electrons. The zero-order valence-electron chi connectivity index (χ0n) is 20.4. The first-order chi connectivity index (χ1) is 14.7. The van der Waals surface area contributed by atoms with Crippen molar-refractivity contribution in [2.24, 2.45) is 0 Å². The number of likely N-dealkylation sites (N-methyl/N-ethyl adjacent to an activating group) is 1. The van der Waals surface area contributed by atoms with Crippen LogP contribution in [0.5, 0.6) is 0 Å². The molecule has 0 spiro atoms. The third kappa shape index (κ3) is 23.8. The Morgan fingerprint density at radius 3 is 1.87 bits per heavy atom. The van der Waals surface area contributed by atoms with Crippen molar-refractivity contribution in [3.05, 3.63) is 0 Å². The second-order valence-corrected chi connectivity index (χ2v) is 10.5. The van der Waals surface area contributed by atoms with Gasteiger partial charge in [0, 0.05) is 13.0 Å². The van der Waals surface area contributed by atoms with E-state index in [9.17, 15) is 14.3 Å². The zero-order chi connectivity index (χ0) is 23.4. The number of amides is 1. The molecule has 1 amide bonds. The van der Waals surface area contributed by atoms with Crippen LogP contribution in [0.3, 0.4) is 0 Å². The van der Waals surface area contributed by atoms with Gasteiger partial charge in [-0.1, -0.05) is 71.1 Å². The van der Waals surface area contributed by atoms with Crippen LogP contribution in [0.4, 0.5) is 4.79 Å². The highest BCUT2D eigenvalue weighted by molar-refractivity contribution is 7.45. The van der Waals surface area contributed by atoms with Gasteiger partial charge in [0.05, 0.1) is 34.4 Å². The molecule has 0 aliphatic rings. The molecule has 8 nitrogen and oxygen atoms in total. The number of nitrogens with zero attached hydrogens (tertiary/aromatic N) is 1. The van der Waals surface area contributed by atoms with E-state index in [1.807, 2.05) is 21.1 Å². The van der Waals surface area contributed by atoms with Gasteiger partial charge in [-0.2, -0.15) is 0 Å². The highest BCUT2D eigenvalue weighted by Gasteiger charge is 2.13. The maximum absolute atomic E-state index is 11.6. The molecule has 1 N–H and O–H groups in total. The maximum Gasteiger partial charge on any atom is 0.407 e. The fourth-order valence-corrected chi connectivity index (χ4v) is 3.63. The van der Waals surface area contributed by atoms with Crippen molar-refractivity contribution in [3.63, 3.8) is 0 Å². The molecule has 1 atom stereocenters. The van der Waals surface area contributed by atoms with Crippen LogP contribution in [-0.2, 0) is 18.3 Å². The van der Waals surface area contributed by atoms with E-state index in [1.165, 1.54) is 57.8 Å². The number of unbranched alkanes of at least 4 members (excludes halogenated alkanes) is 10. The maximum atomic E-state index is 11.6. The molecule has 0 aromatic rings. The topological polar surface area (TPSA) is 96.9 Å². The second-order valence-electron chi connectivity index (χ2n) is 9.08. The Morgan fingerprint density at radius 1 is 0.806 bits per heavy atom. The molecule has 0 aromatic heterocycles. The van der Waals surface area contributed by atoms with E-state index in [1.54, 1.807) is 0 Å². The van der Waals surface area contributed by atoms with Crippen LogP contribution in [-0.4, -0.2) is 64.6 Å². The minimum atomic E-state index is -4.30. The molecule has 0 aliphatic carbocycles. The van der Waals surface area contributed by atoms with E-state index in [0.717, 1.165) is 12.8 Å². The summed E-state index contributed by atoms with van der Waals surface area (Å²) in [4.78, 5) is 23.2. The molecule has 0 saturated carbocycles. The van der Waals surface area contributed by atoms with Crippen molar-refractivity contribution < 1.29 is 32.5 Å². The molecular weight excluding hydrogens is 419 g/mol. The van der Waals surface area contributed by atoms with Gasteiger partial charge in [0.15, 0.2) is 0 Å². The first-order valence-corrected chi connectivity index (χ1v) is 13.4. The van der Waals surface area contributed by atoms with Gasteiger partial charge in [-0.25, -0.2) is 4.79 Å². The van der Waals surface area contributed by atoms with Gasteiger partial charge < -0.3 is 28.5 Å². The summed E-state index contributed by atoms with van der Waals surface area (Å²) >= 11 is 0. The first-order valence-electron chi connectivity index (χ1n) is 12.0. The summed E-state index contributed by atoms with van der Waals surface area (Å²) in [6.45, 7) is 3.49. The lowest BCUT2D eigenvalue weighted by molar-refractivity contribution is -0.870. The minimum absolute atomic E-state index is 0.0717. The molecule has 0 heterocycles. The highest BCUT2D eigenvalue weighted by Crippen LogP contribution is 2.38. The average molecular weight is 467 g/mol. The van der Waals surface area contributed by atoms with E-state index in [4.69, 9.17) is 13.8 Å². The van der Waals surface area contributed by atoms with Gasteiger partial charge in [0.25, 0.3) is 7.82 Å². The molecule has 31 heavy (non-hydrogen) atoms. The van der Waals surface area contributed by atoms with E-state index >= 15 is 0 Å². The van der Waals surface area contributed by atoms with Crippen LogP contribution in [0.25, 0.3) is 0 Å². The van der Waals surface area contributed by atoms with Crippen molar-refractivity contribution in [2.45, 2.75) is 84.0 Å². The Kier molecular flexibility index (Phi) is 18.5. The van der Waals surface area contributed by atoms with E-state index < -0.39 is 13.9 Å². The van der Waals surface area contributed by atoms with Crippen LogP contribution >= 0.6 is 7.82 Å². The zero-order valence-corrected chi connectivity index (χ0v) is 21.3. The molecule has 0 bridgehead atoms. The second kappa shape index (κ2) is 18.9. The van der Waals surface area contributed by atoms with Gasteiger partial charge in [-0.15, -0.1) is 0 Å². The predicted molar refractivity (Wildman–Crippen MR) is 123 cm³/mol. The summed E-state index contributed by atoms with van der Waals surface area (Å²) in [5.41, 5.74) is 0. The third-order valence-electron chi connectivity index (χ3n) is 4.83. The van der Waals surface area contributed by atoms with Crippen LogP contribution < -0.4 is 10.2 Å². The summed E-state index contributed by atoms with van der Waals surface area (Å²) in [6.07, 6.45) is 13.7. The summed E-state index contributed by atoms with van der Waals surface area (Å²) in [7, 11) is 1.53. The van der Waals surface area contributed by atoms with E-state index in [0.29, 0.717) is 17.6 Å². The fraction of sp³-hybridized carbons (Fsp3) is 0.955. The molecule has 0 aliphatic heterocycles. The molecule has 0 saturated heterocycles. The van der Waals surface area contributed by atoms with Crippen molar-refractivity contribution in [2.75, 3.05) is 54.1 Å². The van der Waals surface area contributed by atoms with E-state index in [-0.39, 0.29) is 26.2 Å². The third-order valence-corrected chi connectivity index (χ3v) is 5.83. The molecule has 0 rings (SSSR count). The molecule has 0 fully saturated rings. The number of alkyl carbamates (subject to hydrolysis) is 1. The highest BCUT2D eigenvalue weighted by atomic mass is 31.2. The number of hydrogen-bond acceptors (Lipinski definition) is 6. The number of quaternary nitrogens is 1. The largest absolute Gasteiger partial charge is 0.756 e. The number of ether oxygens (including phenoxy) is 1. The molecule has 0 aromatic carbocycles. The number of phosphoric acid groups is 1. The van der Waals surface area contributed by atoms with Crippen LogP contribution in [0, 0.1) is 0 Å². The molecule has 1 unspecified atom stereocenters. The van der Waals surface area contributed by atoms with Gasteiger partial charge in [0.1, 0.15) is 13.2 Å². The SMILES string of the molecule is CCCCCCCCCCCCCNC(=O)OCCCOP(=O)([O-])OCC[N+](C)(C)C. The number of carbonyl (C=O) groups is 1. The van der Waals surface area contributed by atoms with Gasteiger partial charge in [-0.05, 0) is 6.42 Å². The van der Waals surface area contributed by atoms with Crippen LogP contribution in [0.1, 0.15) is 84.0 Å². The standard InChI is InChI=1S/C22H47N2O6P/c1-5-6-7-8-9-10-11-12-13-14-15-17-23-22(25)28-19-16-20-29-31(26,27)30-21-18-24(2,3)4/h5-21H2,1-4H3,(H-,23,25,26,27). The normalized spacial score (nSPS) is 13.7. The Hall–Kier alpha value is -0.660. The smallest absolute Gasteiger partial charge is 0.407 e. The summed E-state index contributed by atoms with van der Waals surface area (Å²) in [5, 5.41) is 2.72. The first kappa shape index (κ1) is 30.3. The minimum Gasteiger partial charge on any atom is -0.756 e. The molecule has 9 heteroatoms. The quantitative estimate of drug-likeness (QED) is 0.151. The van der Waals surface area contributed by atoms with E-state index in [2.05, 4.69) is 12.2 Å². The number of rotatable bonds is 21. The van der Waals surface area contributed by atoms with Crippen LogP contribution in [0.15, 0.2) is 0 Å². The Labute approximate surface area is 190 Å².